The first-order valence-electron chi connectivity index (χ1n) is 5.85. The normalized spacial score (nSPS) is 11.4. The van der Waals surface area contributed by atoms with Gasteiger partial charge in [-0.3, -0.25) is 10.1 Å². The van der Waals surface area contributed by atoms with Crippen LogP contribution in [-0.4, -0.2) is 11.5 Å². The lowest BCUT2D eigenvalue weighted by atomic mass is 10.1. The van der Waals surface area contributed by atoms with Gasteiger partial charge in [0.25, 0.3) is 0 Å². The first kappa shape index (κ1) is 14.7. The first-order chi connectivity index (χ1) is 8.58. The van der Waals surface area contributed by atoms with Crippen molar-refractivity contribution in [2.45, 2.75) is 26.7 Å². The fourth-order valence-electron chi connectivity index (χ4n) is 1.44. The number of ether oxygens (including phenoxy) is 1. The van der Waals surface area contributed by atoms with Crippen LogP contribution >= 0.6 is 15.9 Å². The Hall–Kier alpha value is -1.36. The van der Waals surface area contributed by atoms with Crippen LogP contribution in [0, 0.1) is 10.1 Å². The van der Waals surface area contributed by atoms with E-state index in [-0.39, 0.29) is 10.6 Å². The van der Waals surface area contributed by atoms with E-state index in [1.54, 1.807) is 13.0 Å². The molecular weight excluding hydrogens is 298 g/mol. The summed E-state index contributed by atoms with van der Waals surface area (Å²) in [6, 6.07) is 5.50. The highest BCUT2D eigenvalue weighted by atomic mass is 79.9. The van der Waals surface area contributed by atoms with Gasteiger partial charge in [-0.1, -0.05) is 29.8 Å². The zero-order valence-corrected chi connectivity index (χ0v) is 12.1. The molecule has 0 spiro atoms. The van der Waals surface area contributed by atoms with Gasteiger partial charge in [0.05, 0.1) is 11.5 Å². The fourth-order valence-corrected chi connectivity index (χ4v) is 1.82. The van der Waals surface area contributed by atoms with Crippen molar-refractivity contribution in [2.24, 2.45) is 0 Å². The van der Waals surface area contributed by atoms with E-state index in [0.717, 1.165) is 16.5 Å². The topological polar surface area (TPSA) is 52.4 Å². The van der Waals surface area contributed by atoms with E-state index < -0.39 is 0 Å². The average molecular weight is 314 g/mol. The SMILES string of the molecule is CCCOc1ccc(Br)cc1C=C(CC)[N+](=O)[O-]. The Morgan fingerprint density at radius 2 is 2.22 bits per heavy atom. The van der Waals surface area contributed by atoms with E-state index in [2.05, 4.69) is 15.9 Å². The van der Waals surface area contributed by atoms with E-state index in [1.165, 1.54) is 0 Å². The van der Waals surface area contributed by atoms with Crippen molar-refractivity contribution < 1.29 is 9.66 Å². The largest absolute Gasteiger partial charge is 0.493 e. The van der Waals surface area contributed by atoms with Crippen molar-refractivity contribution in [3.63, 3.8) is 0 Å². The second-order valence-electron chi connectivity index (χ2n) is 3.78. The number of halogens is 1. The molecule has 1 aromatic rings. The predicted molar refractivity (Wildman–Crippen MR) is 75.2 cm³/mol. The molecule has 0 amide bonds. The Morgan fingerprint density at radius 3 is 2.78 bits per heavy atom. The third-order valence-corrected chi connectivity index (χ3v) is 2.85. The second kappa shape index (κ2) is 7.16. The molecule has 1 rings (SSSR count). The fraction of sp³-hybridized carbons (Fsp3) is 0.385. The van der Waals surface area contributed by atoms with Crippen molar-refractivity contribution in [1.29, 1.82) is 0 Å². The molecule has 0 bridgehead atoms. The molecule has 4 nitrogen and oxygen atoms in total. The van der Waals surface area contributed by atoms with Crippen LogP contribution in [0.3, 0.4) is 0 Å². The van der Waals surface area contributed by atoms with Gasteiger partial charge in [-0.2, -0.15) is 0 Å². The quantitative estimate of drug-likeness (QED) is 0.582. The first-order valence-corrected chi connectivity index (χ1v) is 6.65. The lowest BCUT2D eigenvalue weighted by molar-refractivity contribution is -0.425. The summed E-state index contributed by atoms with van der Waals surface area (Å²) in [5, 5.41) is 10.8. The number of allylic oxidation sites excluding steroid dienone is 1. The lowest BCUT2D eigenvalue weighted by Crippen LogP contribution is -2.00. The number of nitrogens with zero attached hydrogens (tertiary/aromatic N) is 1. The van der Waals surface area contributed by atoms with E-state index in [1.807, 2.05) is 25.1 Å². The molecule has 0 fully saturated rings. The van der Waals surface area contributed by atoms with Gasteiger partial charge < -0.3 is 4.74 Å². The monoisotopic (exact) mass is 313 g/mol. The van der Waals surface area contributed by atoms with E-state index in [9.17, 15) is 10.1 Å². The summed E-state index contributed by atoms with van der Waals surface area (Å²) in [7, 11) is 0. The number of hydrogen-bond acceptors (Lipinski definition) is 3. The molecule has 0 radical (unpaired) electrons. The van der Waals surface area contributed by atoms with Crippen LogP contribution in [0.4, 0.5) is 0 Å². The summed E-state index contributed by atoms with van der Waals surface area (Å²) in [6.07, 6.45) is 2.84. The van der Waals surface area contributed by atoms with Crippen LogP contribution in [0.2, 0.25) is 0 Å². The van der Waals surface area contributed by atoms with Gasteiger partial charge in [-0.05, 0) is 24.6 Å². The summed E-state index contributed by atoms with van der Waals surface area (Å²) in [6.45, 7) is 4.38. The molecule has 0 heterocycles. The predicted octanol–water partition coefficient (Wildman–Crippen LogP) is 4.27. The molecule has 0 unspecified atom stereocenters. The molecule has 0 N–H and O–H groups in total. The number of hydrogen-bond donors (Lipinski definition) is 0. The minimum Gasteiger partial charge on any atom is -0.493 e. The Labute approximate surface area is 115 Å². The van der Waals surface area contributed by atoms with Crippen LogP contribution in [0.15, 0.2) is 28.4 Å². The molecule has 0 saturated carbocycles. The van der Waals surface area contributed by atoms with Gasteiger partial charge in [0.2, 0.25) is 5.70 Å². The van der Waals surface area contributed by atoms with Gasteiger partial charge in [0.1, 0.15) is 5.75 Å². The minimum atomic E-state index is -0.357. The molecule has 0 aliphatic rings. The Bertz CT molecular complexity index is 458. The van der Waals surface area contributed by atoms with Gasteiger partial charge in [-0.15, -0.1) is 0 Å². The highest BCUT2D eigenvalue weighted by Gasteiger charge is 2.10. The molecule has 0 aliphatic heterocycles. The zero-order valence-electron chi connectivity index (χ0n) is 10.5. The minimum absolute atomic E-state index is 0.175. The van der Waals surface area contributed by atoms with Crippen LogP contribution in [0.1, 0.15) is 32.3 Å². The van der Waals surface area contributed by atoms with E-state index in [4.69, 9.17) is 4.74 Å². The van der Waals surface area contributed by atoms with Crippen molar-refractivity contribution in [3.8, 4) is 5.75 Å². The summed E-state index contributed by atoms with van der Waals surface area (Å²) < 4.78 is 6.45. The smallest absolute Gasteiger partial charge is 0.246 e. The standard InChI is InChI=1S/C13H16BrNO3/c1-3-7-18-13-6-5-11(14)8-10(13)9-12(4-2)15(16)17/h5-6,8-9H,3-4,7H2,1-2H3. The molecule has 18 heavy (non-hydrogen) atoms. The number of nitro groups is 1. The van der Waals surface area contributed by atoms with E-state index >= 15 is 0 Å². The van der Waals surface area contributed by atoms with Gasteiger partial charge in [-0.25, -0.2) is 0 Å². The number of rotatable bonds is 6. The Kier molecular flexibility index (Phi) is 5.85. The van der Waals surface area contributed by atoms with Crippen LogP contribution in [0.25, 0.3) is 6.08 Å². The summed E-state index contributed by atoms with van der Waals surface area (Å²) in [5.41, 5.74) is 0.904. The summed E-state index contributed by atoms with van der Waals surface area (Å²) in [5.74, 6) is 0.674. The summed E-state index contributed by atoms with van der Waals surface area (Å²) >= 11 is 3.36. The Balaban J connectivity index is 3.11. The maximum absolute atomic E-state index is 10.8. The van der Waals surface area contributed by atoms with Gasteiger partial charge >= 0.3 is 0 Å². The molecule has 5 heteroatoms. The van der Waals surface area contributed by atoms with Crippen molar-refractivity contribution >= 4 is 22.0 Å². The van der Waals surface area contributed by atoms with Crippen LogP contribution in [0.5, 0.6) is 5.75 Å². The summed E-state index contributed by atoms with van der Waals surface area (Å²) in [4.78, 5) is 10.5. The molecule has 98 valence electrons. The molecular formula is C13H16BrNO3. The molecule has 0 aliphatic carbocycles. The van der Waals surface area contributed by atoms with Gasteiger partial charge in [0, 0.05) is 22.5 Å². The van der Waals surface area contributed by atoms with Crippen molar-refractivity contribution in [1.82, 2.24) is 0 Å². The highest BCUT2D eigenvalue weighted by Crippen LogP contribution is 2.26. The Morgan fingerprint density at radius 1 is 1.50 bits per heavy atom. The molecule has 0 saturated heterocycles. The van der Waals surface area contributed by atoms with E-state index in [0.29, 0.717) is 18.8 Å². The average Bonchev–Trinajstić information content (AvgIpc) is 2.34. The maximum Gasteiger partial charge on any atom is 0.246 e. The third kappa shape index (κ3) is 4.14. The number of benzene rings is 1. The molecule has 1 aromatic carbocycles. The maximum atomic E-state index is 10.8. The van der Waals surface area contributed by atoms with Crippen LogP contribution < -0.4 is 4.74 Å². The molecule has 0 atom stereocenters. The zero-order chi connectivity index (χ0) is 13.5. The van der Waals surface area contributed by atoms with Crippen molar-refractivity contribution in [3.05, 3.63) is 44.0 Å². The van der Waals surface area contributed by atoms with Gasteiger partial charge in [0.15, 0.2) is 0 Å². The molecule has 0 aromatic heterocycles. The third-order valence-electron chi connectivity index (χ3n) is 2.35. The van der Waals surface area contributed by atoms with Crippen molar-refractivity contribution in [2.75, 3.05) is 6.61 Å². The van der Waals surface area contributed by atoms with Crippen LogP contribution in [-0.2, 0) is 0 Å². The lowest BCUT2D eigenvalue weighted by Gasteiger charge is -2.08. The highest BCUT2D eigenvalue weighted by molar-refractivity contribution is 9.10. The second-order valence-corrected chi connectivity index (χ2v) is 4.69.